The third-order valence-electron chi connectivity index (χ3n) is 3.98. The second-order valence-electron chi connectivity index (χ2n) is 6.43. The number of para-hydroxylation sites is 1. The van der Waals surface area contributed by atoms with Crippen LogP contribution in [0.4, 0.5) is 0 Å². The third kappa shape index (κ3) is 5.93. The van der Waals surface area contributed by atoms with Gasteiger partial charge in [-0.25, -0.2) is 0 Å². The summed E-state index contributed by atoms with van der Waals surface area (Å²) < 4.78 is 10.5. The van der Waals surface area contributed by atoms with Crippen LogP contribution in [0.3, 0.4) is 0 Å². The maximum Gasteiger partial charge on any atom is 0.249 e. The minimum Gasteiger partial charge on any atom is -0.496 e. The molecule has 9 nitrogen and oxygen atoms in total. The lowest BCUT2D eigenvalue weighted by Gasteiger charge is -2.15. The first-order valence-corrected chi connectivity index (χ1v) is 8.63. The molecule has 10 heteroatoms. The average Bonchev–Trinajstić information content (AvgIpc) is 3.15. The van der Waals surface area contributed by atoms with Gasteiger partial charge in [0.1, 0.15) is 11.8 Å². The standard InChI is InChI=1S/C18H25N5O4.ClH/c1-10(2)15(19)17(25)20-9-14(24)21-11(3)18-22-16(23-27-18)12-7-5-6-8-13(12)26-4;/h5-8,10-11,15H,9,19H2,1-4H3,(H,20,25)(H,21,24);1H/t11?,15-;/m0./s1. The third-order valence-corrected chi connectivity index (χ3v) is 3.98. The highest BCUT2D eigenvalue weighted by Gasteiger charge is 2.21. The fraction of sp³-hybridized carbons (Fsp3) is 0.444. The highest BCUT2D eigenvalue weighted by atomic mass is 35.5. The van der Waals surface area contributed by atoms with E-state index in [1.807, 2.05) is 32.0 Å². The SMILES string of the molecule is COc1ccccc1-c1noc(C(C)NC(=O)CNC(=O)[C@@H](N)C(C)C)n1.Cl. The van der Waals surface area contributed by atoms with E-state index in [0.29, 0.717) is 17.1 Å². The summed E-state index contributed by atoms with van der Waals surface area (Å²) in [5.41, 5.74) is 6.42. The van der Waals surface area contributed by atoms with Gasteiger partial charge in [0.2, 0.25) is 23.5 Å². The van der Waals surface area contributed by atoms with Crippen LogP contribution in [0.25, 0.3) is 11.4 Å². The molecular weight excluding hydrogens is 386 g/mol. The van der Waals surface area contributed by atoms with E-state index in [2.05, 4.69) is 20.8 Å². The molecular formula is C18H26ClN5O4. The second kappa shape index (κ2) is 10.6. The first-order valence-electron chi connectivity index (χ1n) is 8.63. The van der Waals surface area contributed by atoms with Gasteiger partial charge in [-0.05, 0) is 25.0 Å². The number of hydrogen-bond acceptors (Lipinski definition) is 7. The smallest absolute Gasteiger partial charge is 0.249 e. The molecule has 0 saturated carbocycles. The molecule has 1 unspecified atom stereocenters. The highest BCUT2D eigenvalue weighted by Crippen LogP contribution is 2.27. The van der Waals surface area contributed by atoms with Crippen LogP contribution < -0.4 is 21.1 Å². The number of rotatable bonds is 8. The zero-order chi connectivity index (χ0) is 20.0. The Morgan fingerprint density at radius 3 is 2.57 bits per heavy atom. The van der Waals surface area contributed by atoms with Gasteiger partial charge in [0.05, 0.1) is 25.3 Å². The Bertz CT molecular complexity index is 796. The van der Waals surface area contributed by atoms with Crippen molar-refractivity contribution in [3.05, 3.63) is 30.2 Å². The van der Waals surface area contributed by atoms with Crippen molar-refractivity contribution in [3.63, 3.8) is 0 Å². The number of aromatic nitrogens is 2. The lowest BCUT2D eigenvalue weighted by molar-refractivity contribution is -0.127. The van der Waals surface area contributed by atoms with Crippen molar-refractivity contribution in [2.45, 2.75) is 32.9 Å². The Hall–Kier alpha value is -2.65. The molecule has 0 aliphatic carbocycles. The summed E-state index contributed by atoms with van der Waals surface area (Å²) in [6.45, 7) is 5.19. The van der Waals surface area contributed by atoms with E-state index in [4.69, 9.17) is 15.0 Å². The molecule has 2 rings (SSSR count). The van der Waals surface area contributed by atoms with Crippen LogP contribution in [-0.4, -0.2) is 41.7 Å². The van der Waals surface area contributed by atoms with Gasteiger partial charge in [-0.1, -0.05) is 31.1 Å². The van der Waals surface area contributed by atoms with Gasteiger partial charge in [-0.2, -0.15) is 4.98 Å². The van der Waals surface area contributed by atoms with E-state index >= 15 is 0 Å². The maximum atomic E-state index is 12.0. The number of benzene rings is 1. The van der Waals surface area contributed by atoms with Crippen molar-refractivity contribution in [1.29, 1.82) is 0 Å². The molecule has 154 valence electrons. The maximum absolute atomic E-state index is 12.0. The van der Waals surface area contributed by atoms with Crippen molar-refractivity contribution in [3.8, 4) is 17.1 Å². The monoisotopic (exact) mass is 411 g/mol. The molecule has 1 aromatic carbocycles. The van der Waals surface area contributed by atoms with Gasteiger partial charge >= 0.3 is 0 Å². The lowest BCUT2D eigenvalue weighted by Crippen LogP contribution is -2.47. The quantitative estimate of drug-likeness (QED) is 0.598. The molecule has 1 heterocycles. The molecule has 0 fully saturated rings. The Balaban J connectivity index is 0.00000392. The fourth-order valence-electron chi connectivity index (χ4n) is 2.29. The number of nitrogens with zero attached hydrogens (tertiary/aromatic N) is 2. The zero-order valence-electron chi connectivity index (χ0n) is 16.3. The molecule has 0 bridgehead atoms. The van der Waals surface area contributed by atoms with E-state index in [1.165, 1.54) is 0 Å². The average molecular weight is 412 g/mol. The van der Waals surface area contributed by atoms with E-state index in [0.717, 1.165) is 0 Å². The molecule has 0 saturated heterocycles. The largest absolute Gasteiger partial charge is 0.496 e. The van der Waals surface area contributed by atoms with E-state index in [1.54, 1.807) is 20.1 Å². The van der Waals surface area contributed by atoms with Gasteiger partial charge in [0, 0.05) is 0 Å². The first-order chi connectivity index (χ1) is 12.8. The lowest BCUT2D eigenvalue weighted by atomic mass is 10.1. The van der Waals surface area contributed by atoms with Crippen LogP contribution in [0.15, 0.2) is 28.8 Å². The highest BCUT2D eigenvalue weighted by molar-refractivity contribution is 5.87. The predicted octanol–water partition coefficient (Wildman–Crippen LogP) is 1.44. The van der Waals surface area contributed by atoms with Crippen molar-refractivity contribution in [2.24, 2.45) is 11.7 Å². The second-order valence-corrected chi connectivity index (χ2v) is 6.43. The molecule has 0 aliphatic rings. The molecule has 0 aliphatic heterocycles. The topological polar surface area (TPSA) is 132 Å². The number of nitrogens with two attached hydrogens (primary N) is 1. The minimum atomic E-state index is -0.658. The Kier molecular flexibility index (Phi) is 8.87. The number of carbonyl (C=O) groups excluding carboxylic acids is 2. The van der Waals surface area contributed by atoms with Crippen LogP contribution in [-0.2, 0) is 9.59 Å². The van der Waals surface area contributed by atoms with Crippen LogP contribution >= 0.6 is 12.4 Å². The Morgan fingerprint density at radius 2 is 1.93 bits per heavy atom. The summed E-state index contributed by atoms with van der Waals surface area (Å²) in [7, 11) is 1.56. The molecule has 2 aromatic rings. The summed E-state index contributed by atoms with van der Waals surface area (Å²) in [5.74, 6) is 0.451. The molecule has 28 heavy (non-hydrogen) atoms. The van der Waals surface area contributed by atoms with Crippen LogP contribution in [0, 0.1) is 5.92 Å². The summed E-state index contributed by atoms with van der Waals surface area (Å²) in [4.78, 5) is 28.1. The molecule has 1 aromatic heterocycles. The summed E-state index contributed by atoms with van der Waals surface area (Å²) >= 11 is 0. The fourth-order valence-corrected chi connectivity index (χ4v) is 2.29. The molecule has 0 spiro atoms. The van der Waals surface area contributed by atoms with Gasteiger partial charge in [0.15, 0.2) is 0 Å². The number of halogens is 1. The first kappa shape index (κ1) is 23.4. The molecule has 2 atom stereocenters. The summed E-state index contributed by atoms with van der Waals surface area (Å²) in [6.07, 6.45) is 0. The van der Waals surface area contributed by atoms with Crippen molar-refractivity contribution in [2.75, 3.05) is 13.7 Å². The van der Waals surface area contributed by atoms with Crippen molar-refractivity contribution >= 4 is 24.2 Å². The van der Waals surface area contributed by atoms with Gasteiger partial charge in [-0.15, -0.1) is 12.4 Å². The Labute approximate surface area is 169 Å². The number of nitrogens with one attached hydrogen (secondary N) is 2. The molecule has 2 amide bonds. The van der Waals surface area contributed by atoms with Gasteiger partial charge < -0.3 is 25.6 Å². The number of hydrogen-bond donors (Lipinski definition) is 3. The number of carbonyl (C=O) groups is 2. The molecule has 4 N–H and O–H groups in total. The van der Waals surface area contributed by atoms with Crippen LogP contribution in [0.1, 0.15) is 32.7 Å². The number of ether oxygens (including phenoxy) is 1. The number of amides is 2. The van der Waals surface area contributed by atoms with Gasteiger partial charge in [-0.3, -0.25) is 9.59 Å². The summed E-state index contributed by atoms with van der Waals surface area (Å²) in [5, 5.41) is 9.13. The van der Waals surface area contributed by atoms with Gasteiger partial charge in [0.25, 0.3) is 0 Å². The normalized spacial score (nSPS) is 12.6. The summed E-state index contributed by atoms with van der Waals surface area (Å²) in [6, 6.07) is 6.10. The molecule has 0 radical (unpaired) electrons. The number of methoxy groups -OCH3 is 1. The van der Waals surface area contributed by atoms with E-state index < -0.39 is 12.1 Å². The minimum absolute atomic E-state index is 0. The van der Waals surface area contributed by atoms with Crippen molar-refractivity contribution < 1.29 is 18.8 Å². The predicted molar refractivity (Wildman–Crippen MR) is 106 cm³/mol. The van der Waals surface area contributed by atoms with E-state index in [-0.39, 0.29) is 42.6 Å². The Morgan fingerprint density at radius 1 is 1.25 bits per heavy atom. The van der Waals surface area contributed by atoms with Crippen LogP contribution in [0.2, 0.25) is 0 Å². The zero-order valence-corrected chi connectivity index (χ0v) is 17.1. The van der Waals surface area contributed by atoms with Crippen LogP contribution in [0.5, 0.6) is 5.75 Å². The van der Waals surface area contributed by atoms with E-state index in [9.17, 15) is 9.59 Å². The van der Waals surface area contributed by atoms with Crippen molar-refractivity contribution in [1.82, 2.24) is 20.8 Å².